The molecule has 0 bridgehead atoms. The van der Waals surface area contributed by atoms with E-state index in [1.165, 1.54) is 12.1 Å². The molecule has 0 saturated heterocycles. The zero-order valence-corrected chi connectivity index (χ0v) is 14.1. The van der Waals surface area contributed by atoms with Gasteiger partial charge in [0.2, 0.25) is 5.43 Å². The van der Waals surface area contributed by atoms with Crippen molar-refractivity contribution in [3.05, 3.63) is 40.1 Å². The number of para-hydroxylation sites is 1. The van der Waals surface area contributed by atoms with Crippen molar-refractivity contribution in [1.29, 1.82) is 0 Å². The highest BCUT2D eigenvalue weighted by atomic mass is 16.7. The molecule has 2 N–H and O–H groups in total. The van der Waals surface area contributed by atoms with Gasteiger partial charge in [0.25, 0.3) is 0 Å². The van der Waals surface area contributed by atoms with E-state index in [1.54, 1.807) is 19.2 Å². The summed E-state index contributed by atoms with van der Waals surface area (Å²) in [5, 5.41) is 20.8. The first-order chi connectivity index (χ1) is 11.8. The van der Waals surface area contributed by atoms with Gasteiger partial charge < -0.3 is 24.1 Å². The maximum absolute atomic E-state index is 12.9. The topological polar surface area (TPSA) is 89.1 Å². The number of rotatable bonds is 1. The highest BCUT2D eigenvalue weighted by Gasteiger charge is 2.38. The van der Waals surface area contributed by atoms with Crippen LogP contribution in [0.25, 0.3) is 21.9 Å². The van der Waals surface area contributed by atoms with Crippen LogP contribution in [0.2, 0.25) is 0 Å². The molecular weight excluding hydrogens is 324 g/mol. The minimum absolute atomic E-state index is 0.0874. The standard InChI is InChI=1S/C19H18O6/c1-19(2)8-13(23-3)24-12-7-11(21)14-16(22)9-5-4-6-10(20)17(9)25-18(14)15(12)19/h4-7,13,20-21H,8H2,1-3H3. The van der Waals surface area contributed by atoms with Gasteiger partial charge in [-0.2, -0.15) is 0 Å². The fourth-order valence-electron chi connectivity index (χ4n) is 3.56. The quantitative estimate of drug-likeness (QED) is 0.659. The molecule has 6 heteroatoms. The van der Waals surface area contributed by atoms with Crippen LogP contribution in [-0.2, 0) is 10.2 Å². The van der Waals surface area contributed by atoms with Gasteiger partial charge >= 0.3 is 0 Å². The van der Waals surface area contributed by atoms with Crippen LogP contribution in [0.3, 0.4) is 0 Å². The van der Waals surface area contributed by atoms with Crippen LogP contribution in [-0.4, -0.2) is 23.6 Å². The van der Waals surface area contributed by atoms with Crippen molar-refractivity contribution in [3.8, 4) is 17.2 Å². The Morgan fingerprint density at radius 1 is 1.20 bits per heavy atom. The molecule has 0 spiro atoms. The molecule has 1 aliphatic heterocycles. The van der Waals surface area contributed by atoms with Gasteiger partial charge in [-0.3, -0.25) is 4.79 Å². The van der Waals surface area contributed by atoms with Gasteiger partial charge in [0, 0.05) is 30.6 Å². The first-order valence-electron chi connectivity index (χ1n) is 7.98. The van der Waals surface area contributed by atoms with E-state index in [1.807, 2.05) is 13.8 Å². The highest BCUT2D eigenvalue weighted by molar-refractivity contribution is 5.97. The number of hydrogen-bond donors (Lipinski definition) is 2. The van der Waals surface area contributed by atoms with E-state index in [2.05, 4.69) is 0 Å². The summed E-state index contributed by atoms with van der Waals surface area (Å²) >= 11 is 0. The number of ether oxygens (including phenoxy) is 2. The van der Waals surface area contributed by atoms with Gasteiger partial charge in [-0.1, -0.05) is 19.9 Å². The lowest BCUT2D eigenvalue weighted by molar-refractivity contribution is -0.0803. The smallest absolute Gasteiger partial charge is 0.204 e. The average molecular weight is 342 g/mol. The lowest BCUT2D eigenvalue weighted by atomic mass is 9.78. The Kier molecular flexibility index (Phi) is 3.24. The summed E-state index contributed by atoms with van der Waals surface area (Å²) in [6.07, 6.45) is 0.0961. The minimum Gasteiger partial charge on any atom is -0.507 e. The molecule has 6 nitrogen and oxygen atoms in total. The zero-order chi connectivity index (χ0) is 17.9. The molecular formula is C19H18O6. The summed E-state index contributed by atoms with van der Waals surface area (Å²) in [5.74, 6) is 0.0595. The van der Waals surface area contributed by atoms with Crippen LogP contribution in [0.15, 0.2) is 33.5 Å². The molecule has 25 heavy (non-hydrogen) atoms. The van der Waals surface area contributed by atoms with Gasteiger partial charge in [-0.05, 0) is 12.1 Å². The number of phenols is 2. The van der Waals surface area contributed by atoms with Gasteiger partial charge in [-0.15, -0.1) is 0 Å². The van der Waals surface area contributed by atoms with Crippen molar-refractivity contribution in [1.82, 2.24) is 0 Å². The van der Waals surface area contributed by atoms with E-state index in [4.69, 9.17) is 13.9 Å². The molecule has 1 atom stereocenters. The fraction of sp³-hybridized carbons (Fsp3) is 0.316. The van der Waals surface area contributed by atoms with E-state index in [9.17, 15) is 15.0 Å². The van der Waals surface area contributed by atoms with Crippen molar-refractivity contribution in [2.75, 3.05) is 7.11 Å². The number of fused-ring (bicyclic) bond motifs is 4. The summed E-state index contributed by atoms with van der Waals surface area (Å²) in [5.41, 5.74) is 0.188. The van der Waals surface area contributed by atoms with Crippen molar-refractivity contribution in [2.24, 2.45) is 0 Å². The van der Waals surface area contributed by atoms with Crippen molar-refractivity contribution in [2.45, 2.75) is 32.0 Å². The van der Waals surface area contributed by atoms with Gasteiger partial charge in [0.05, 0.1) is 5.39 Å². The number of phenolic OH excluding ortho intramolecular Hbond substituents is 2. The Morgan fingerprint density at radius 3 is 2.68 bits per heavy atom. The van der Waals surface area contributed by atoms with E-state index in [0.29, 0.717) is 17.7 Å². The number of methoxy groups -OCH3 is 1. The molecule has 0 saturated carbocycles. The van der Waals surface area contributed by atoms with Crippen LogP contribution in [0.1, 0.15) is 25.8 Å². The molecule has 130 valence electrons. The van der Waals surface area contributed by atoms with E-state index < -0.39 is 17.1 Å². The lowest BCUT2D eigenvalue weighted by Gasteiger charge is -2.37. The third-order valence-corrected chi connectivity index (χ3v) is 4.77. The summed E-state index contributed by atoms with van der Waals surface area (Å²) < 4.78 is 17.0. The lowest BCUT2D eigenvalue weighted by Crippen LogP contribution is -2.35. The summed E-state index contributed by atoms with van der Waals surface area (Å²) in [6, 6.07) is 6.00. The first-order valence-corrected chi connectivity index (χ1v) is 7.98. The molecule has 2 aromatic carbocycles. The molecule has 3 aromatic rings. The van der Waals surface area contributed by atoms with Crippen LogP contribution in [0.4, 0.5) is 0 Å². The second-order valence-corrected chi connectivity index (χ2v) is 6.93. The van der Waals surface area contributed by atoms with Crippen molar-refractivity contribution < 1.29 is 24.1 Å². The normalized spacial score (nSPS) is 18.9. The summed E-state index contributed by atoms with van der Waals surface area (Å²) in [7, 11) is 1.55. The fourth-order valence-corrected chi connectivity index (χ4v) is 3.56. The monoisotopic (exact) mass is 342 g/mol. The second kappa shape index (κ2) is 5.13. The number of benzene rings is 2. The van der Waals surface area contributed by atoms with Crippen LogP contribution < -0.4 is 10.2 Å². The minimum atomic E-state index is -0.458. The molecule has 0 amide bonds. The van der Waals surface area contributed by atoms with E-state index in [-0.39, 0.29) is 33.4 Å². The molecule has 4 rings (SSSR count). The third kappa shape index (κ3) is 2.17. The number of aromatic hydroxyl groups is 2. The Balaban J connectivity index is 2.19. The molecule has 0 radical (unpaired) electrons. The molecule has 0 aliphatic carbocycles. The van der Waals surface area contributed by atoms with Gasteiger partial charge in [0.1, 0.15) is 22.5 Å². The first kappa shape index (κ1) is 15.8. The zero-order valence-electron chi connectivity index (χ0n) is 14.1. The third-order valence-electron chi connectivity index (χ3n) is 4.77. The largest absolute Gasteiger partial charge is 0.507 e. The predicted molar refractivity (Wildman–Crippen MR) is 92.4 cm³/mol. The van der Waals surface area contributed by atoms with Crippen molar-refractivity contribution in [3.63, 3.8) is 0 Å². The molecule has 2 heterocycles. The second-order valence-electron chi connectivity index (χ2n) is 6.93. The highest BCUT2D eigenvalue weighted by Crippen LogP contribution is 2.47. The molecule has 1 unspecified atom stereocenters. The maximum atomic E-state index is 12.9. The summed E-state index contributed by atoms with van der Waals surface area (Å²) in [6.45, 7) is 3.98. The Labute approximate surface area is 143 Å². The van der Waals surface area contributed by atoms with Gasteiger partial charge in [0.15, 0.2) is 17.6 Å². The predicted octanol–water partition coefficient (Wildman–Crippen LogP) is 3.39. The molecule has 0 fully saturated rings. The Morgan fingerprint density at radius 2 is 1.96 bits per heavy atom. The number of hydrogen-bond acceptors (Lipinski definition) is 6. The van der Waals surface area contributed by atoms with Gasteiger partial charge in [-0.25, -0.2) is 0 Å². The summed E-state index contributed by atoms with van der Waals surface area (Å²) in [4.78, 5) is 12.9. The van der Waals surface area contributed by atoms with Crippen LogP contribution in [0, 0.1) is 0 Å². The molecule has 1 aliphatic rings. The van der Waals surface area contributed by atoms with Crippen molar-refractivity contribution >= 4 is 21.9 Å². The Bertz CT molecular complexity index is 1060. The van der Waals surface area contributed by atoms with E-state index in [0.717, 1.165) is 0 Å². The average Bonchev–Trinajstić information content (AvgIpc) is 2.54. The Hall–Kier alpha value is -2.73. The molecule has 1 aromatic heterocycles. The van der Waals surface area contributed by atoms with Crippen LogP contribution in [0.5, 0.6) is 17.2 Å². The van der Waals surface area contributed by atoms with E-state index >= 15 is 0 Å². The SMILES string of the molecule is COC1CC(C)(C)c2c(cc(O)c3c(=O)c4cccc(O)c4oc23)O1. The van der Waals surface area contributed by atoms with Crippen LogP contribution >= 0.6 is 0 Å². The maximum Gasteiger partial charge on any atom is 0.204 e.